The van der Waals surface area contributed by atoms with Crippen molar-refractivity contribution in [2.45, 2.75) is 50.5 Å². The quantitative estimate of drug-likeness (QED) is 0.770. The molecule has 2 unspecified atom stereocenters. The van der Waals surface area contributed by atoms with Gasteiger partial charge in [-0.05, 0) is 40.0 Å². The van der Waals surface area contributed by atoms with Crippen LogP contribution in [-0.2, 0) is 4.79 Å². The maximum Gasteiger partial charge on any atom is 0.198 e. The molecule has 0 aromatic carbocycles. The van der Waals surface area contributed by atoms with Gasteiger partial charge in [0.1, 0.15) is 0 Å². The third kappa shape index (κ3) is 3.80. The Hall–Kier alpha value is -0.450. The van der Waals surface area contributed by atoms with E-state index in [2.05, 4.69) is 24.3 Å². The third-order valence-corrected chi connectivity index (χ3v) is 5.16. The second kappa shape index (κ2) is 7.53. The van der Waals surface area contributed by atoms with Crippen LogP contribution in [0.15, 0.2) is 0 Å². The summed E-state index contributed by atoms with van der Waals surface area (Å²) in [5.41, 5.74) is 0.0598. The second-order valence-corrected chi connectivity index (χ2v) is 6.83. The first-order valence-corrected chi connectivity index (χ1v) is 8.39. The van der Waals surface area contributed by atoms with Crippen molar-refractivity contribution in [2.75, 3.05) is 46.8 Å². The summed E-state index contributed by atoms with van der Waals surface area (Å²) in [6.45, 7) is 5.86. The third-order valence-electron chi connectivity index (χ3n) is 5.16. The van der Waals surface area contributed by atoms with Gasteiger partial charge in [-0.3, -0.25) is 4.79 Å². The molecule has 0 aromatic rings. The fourth-order valence-corrected chi connectivity index (χ4v) is 3.64. The Morgan fingerprint density at radius 2 is 1.85 bits per heavy atom. The van der Waals surface area contributed by atoms with Crippen molar-refractivity contribution in [3.63, 3.8) is 0 Å². The van der Waals surface area contributed by atoms with Crippen LogP contribution in [0, 0.1) is 0 Å². The van der Waals surface area contributed by atoms with Crippen LogP contribution in [0.1, 0.15) is 44.9 Å². The molecule has 116 valence electrons. The summed E-state index contributed by atoms with van der Waals surface area (Å²) >= 11 is 0. The van der Waals surface area contributed by atoms with Gasteiger partial charge in [-0.1, -0.05) is 12.8 Å². The van der Waals surface area contributed by atoms with Crippen molar-refractivity contribution in [2.24, 2.45) is 0 Å². The average molecular weight is 282 g/mol. The lowest BCUT2D eigenvalue weighted by Gasteiger charge is -2.43. The van der Waals surface area contributed by atoms with Crippen molar-refractivity contribution < 1.29 is 9.69 Å². The molecule has 3 saturated heterocycles. The summed E-state index contributed by atoms with van der Waals surface area (Å²) in [5, 5.41) is 3.35. The number of Topliss-reactive ketones (excluding diaryl/α,β-unsaturated/α-hetero) is 1. The van der Waals surface area contributed by atoms with Crippen molar-refractivity contribution in [1.29, 1.82) is 0 Å². The van der Waals surface area contributed by atoms with Crippen LogP contribution in [0.5, 0.6) is 0 Å². The minimum absolute atomic E-state index is 0.0598. The molecule has 0 radical (unpaired) electrons. The number of hydrogen-bond donors (Lipinski definition) is 2. The zero-order valence-electron chi connectivity index (χ0n) is 13.3. The molecule has 4 heteroatoms. The smallest absolute Gasteiger partial charge is 0.198 e. The lowest BCUT2D eigenvalue weighted by molar-refractivity contribution is -0.976. The molecule has 0 bridgehead atoms. The van der Waals surface area contributed by atoms with E-state index < -0.39 is 0 Å². The molecule has 0 spiro atoms. The molecule has 0 aliphatic carbocycles. The van der Waals surface area contributed by atoms with Crippen LogP contribution in [0.2, 0.25) is 0 Å². The number of nitrogens with one attached hydrogen (secondary N) is 2. The zero-order chi connectivity index (χ0) is 14.4. The van der Waals surface area contributed by atoms with E-state index in [4.69, 9.17) is 0 Å². The van der Waals surface area contributed by atoms with Gasteiger partial charge in [-0.15, -0.1) is 0 Å². The van der Waals surface area contributed by atoms with E-state index in [-0.39, 0.29) is 5.54 Å². The monoisotopic (exact) mass is 282 g/mol. The topological polar surface area (TPSA) is 36.8 Å². The van der Waals surface area contributed by atoms with Crippen molar-refractivity contribution in [1.82, 2.24) is 10.2 Å². The fourth-order valence-electron chi connectivity index (χ4n) is 3.64. The highest BCUT2D eigenvalue weighted by Gasteiger charge is 2.58. The fraction of sp³-hybridized carbons (Fsp3) is 0.938. The standard InChI is InChI=1S/C10H18N2O.C6H13N/c1-11(2)7-4-10-5-8-12(10)6-3-9(10)13;1-2-4-6-7-5-3-1/h3-8H2,1-2H3;7H,1-6H2/p+1. The van der Waals surface area contributed by atoms with E-state index in [1.165, 1.54) is 45.3 Å². The van der Waals surface area contributed by atoms with Crippen LogP contribution >= 0.6 is 0 Å². The summed E-state index contributed by atoms with van der Waals surface area (Å²) < 4.78 is 0. The molecule has 3 heterocycles. The largest absolute Gasteiger partial charge is 0.323 e. The molecular formula is C16H32N3O+. The van der Waals surface area contributed by atoms with Gasteiger partial charge >= 0.3 is 0 Å². The molecule has 4 nitrogen and oxygen atoms in total. The molecule has 3 aliphatic rings. The number of rotatable bonds is 3. The number of nitrogens with zero attached hydrogens (tertiary/aromatic N) is 1. The molecule has 0 saturated carbocycles. The predicted molar refractivity (Wildman–Crippen MR) is 82.2 cm³/mol. The van der Waals surface area contributed by atoms with Crippen LogP contribution in [0.25, 0.3) is 0 Å². The Kier molecular flexibility index (Phi) is 6.00. The van der Waals surface area contributed by atoms with E-state index in [1.54, 1.807) is 4.90 Å². The van der Waals surface area contributed by atoms with E-state index in [1.807, 2.05) is 0 Å². The first-order valence-electron chi connectivity index (χ1n) is 8.39. The Morgan fingerprint density at radius 3 is 2.35 bits per heavy atom. The van der Waals surface area contributed by atoms with Gasteiger partial charge in [0, 0.05) is 13.0 Å². The van der Waals surface area contributed by atoms with Gasteiger partial charge in [0.2, 0.25) is 0 Å². The Morgan fingerprint density at radius 1 is 1.15 bits per heavy atom. The van der Waals surface area contributed by atoms with E-state index in [0.717, 1.165) is 32.4 Å². The van der Waals surface area contributed by atoms with Gasteiger partial charge in [-0.25, -0.2) is 0 Å². The molecule has 3 aliphatic heterocycles. The number of hydrogen-bond acceptors (Lipinski definition) is 3. The first-order chi connectivity index (χ1) is 9.65. The van der Waals surface area contributed by atoms with Gasteiger partial charge in [0.15, 0.2) is 11.3 Å². The lowest BCUT2D eigenvalue weighted by atomic mass is 9.81. The summed E-state index contributed by atoms with van der Waals surface area (Å²) in [6, 6.07) is 0. The zero-order valence-corrected chi connectivity index (χ0v) is 13.3. The summed E-state index contributed by atoms with van der Waals surface area (Å²) in [4.78, 5) is 15.5. The molecule has 2 N–H and O–H groups in total. The van der Waals surface area contributed by atoms with Gasteiger partial charge < -0.3 is 15.1 Å². The maximum absolute atomic E-state index is 11.7. The minimum atomic E-state index is 0.0598. The Balaban J connectivity index is 0.000000178. The van der Waals surface area contributed by atoms with Gasteiger partial charge in [0.25, 0.3) is 0 Å². The highest BCUT2D eigenvalue weighted by Crippen LogP contribution is 2.24. The van der Waals surface area contributed by atoms with Crippen LogP contribution in [0.3, 0.4) is 0 Å². The SMILES string of the molecule is C1CCCNCC1.CN(C)CCC12CC[NH+]1CCC2=O. The Bertz CT molecular complexity index is 299. The van der Waals surface area contributed by atoms with Crippen LogP contribution < -0.4 is 10.2 Å². The second-order valence-electron chi connectivity index (χ2n) is 6.83. The summed E-state index contributed by atoms with van der Waals surface area (Å²) in [7, 11) is 4.16. The van der Waals surface area contributed by atoms with Gasteiger partial charge in [-0.2, -0.15) is 0 Å². The normalized spacial score (nSPS) is 33.0. The average Bonchev–Trinajstić information content (AvgIpc) is 2.64. The number of carbonyl (C=O) groups is 1. The van der Waals surface area contributed by atoms with E-state index in [9.17, 15) is 4.79 Å². The molecule has 0 aromatic heterocycles. The van der Waals surface area contributed by atoms with Crippen LogP contribution in [0.4, 0.5) is 0 Å². The molecule has 2 atom stereocenters. The summed E-state index contributed by atoms with van der Waals surface area (Å²) in [5.74, 6) is 0.524. The number of carbonyl (C=O) groups excluding carboxylic acids is 1. The highest BCUT2D eigenvalue weighted by atomic mass is 16.1. The molecule has 3 rings (SSSR count). The van der Waals surface area contributed by atoms with Gasteiger partial charge in [0.05, 0.1) is 25.9 Å². The summed E-state index contributed by atoms with van der Waals surface area (Å²) in [6.07, 6.45) is 8.67. The minimum Gasteiger partial charge on any atom is -0.323 e. The van der Waals surface area contributed by atoms with Crippen molar-refractivity contribution >= 4 is 5.78 Å². The molecule has 3 fully saturated rings. The molecular weight excluding hydrogens is 250 g/mol. The van der Waals surface area contributed by atoms with Crippen molar-refractivity contribution in [3.05, 3.63) is 0 Å². The number of fused-ring (bicyclic) bond motifs is 1. The predicted octanol–water partition coefficient (Wildman–Crippen LogP) is 0.0883. The lowest BCUT2D eigenvalue weighted by Crippen LogP contribution is -3.25. The van der Waals surface area contributed by atoms with Crippen molar-refractivity contribution in [3.8, 4) is 0 Å². The number of ketones is 1. The first kappa shape index (κ1) is 15.9. The van der Waals surface area contributed by atoms with Crippen LogP contribution in [-0.4, -0.2) is 63.0 Å². The maximum atomic E-state index is 11.7. The number of quaternary nitrogens is 1. The van der Waals surface area contributed by atoms with E-state index in [0.29, 0.717) is 5.78 Å². The highest BCUT2D eigenvalue weighted by molar-refractivity contribution is 5.89. The van der Waals surface area contributed by atoms with E-state index >= 15 is 0 Å². The Labute approximate surface area is 123 Å². The molecule has 20 heavy (non-hydrogen) atoms. The molecule has 0 amide bonds.